The Labute approximate surface area is 153 Å². The van der Waals surface area contributed by atoms with Crippen molar-refractivity contribution in [2.24, 2.45) is 0 Å². The first-order valence-corrected chi connectivity index (χ1v) is 9.90. The Morgan fingerprint density at radius 3 is 2.65 bits per heavy atom. The topological polar surface area (TPSA) is 71.1 Å². The number of aromatic nitrogens is 1. The zero-order chi connectivity index (χ0) is 18.2. The Balaban J connectivity index is 1.50. The highest BCUT2D eigenvalue weighted by molar-refractivity contribution is 7.89. The molecule has 0 aliphatic rings. The van der Waals surface area contributed by atoms with Gasteiger partial charge in [0.15, 0.2) is 0 Å². The monoisotopic (exact) mass is 367 g/mol. The molecule has 134 valence electrons. The molecule has 0 bridgehead atoms. The number of fused-ring (bicyclic) bond motifs is 1. The lowest BCUT2D eigenvalue weighted by atomic mass is 10.2. The van der Waals surface area contributed by atoms with E-state index in [-0.39, 0.29) is 4.90 Å². The molecule has 0 fully saturated rings. The van der Waals surface area contributed by atoms with Gasteiger partial charge >= 0.3 is 0 Å². The van der Waals surface area contributed by atoms with Gasteiger partial charge in [-0.3, -0.25) is 4.98 Å². The van der Waals surface area contributed by atoms with E-state index in [0.717, 1.165) is 10.9 Å². The summed E-state index contributed by atoms with van der Waals surface area (Å²) in [5.74, 6) is 0. The van der Waals surface area contributed by atoms with Gasteiger partial charge in [0.05, 0.1) is 4.90 Å². The van der Waals surface area contributed by atoms with Gasteiger partial charge in [-0.25, -0.2) is 13.1 Å². The third-order valence-electron chi connectivity index (χ3n) is 3.90. The molecule has 0 unspecified atom stereocenters. The van der Waals surface area contributed by atoms with Crippen LogP contribution in [0.3, 0.4) is 0 Å². The van der Waals surface area contributed by atoms with Crippen molar-refractivity contribution in [1.82, 2.24) is 15.0 Å². The molecule has 0 atom stereocenters. The summed E-state index contributed by atoms with van der Waals surface area (Å²) in [4.78, 5) is 4.31. The molecule has 0 radical (unpaired) electrons. The SMILES string of the molecule is O=S(=O)(NCCNC/C=C/c1ccccc1)c1cccc2cnccc12. The first kappa shape index (κ1) is 18.3. The van der Waals surface area contributed by atoms with Crippen LogP contribution in [0.25, 0.3) is 16.8 Å². The second-order valence-electron chi connectivity index (χ2n) is 5.77. The number of hydrogen-bond donors (Lipinski definition) is 2. The van der Waals surface area contributed by atoms with Gasteiger partial charge in [-0.15, -0.1) is 0 Å². The molecule has 1 aromatic heterocycles. The molecule has 0 aliphatic carbocycles. The van der Waals surface area contributed by atoms with Gasteiger partial charge < -0.3 is 5.32 Å². The first-order chi connectivity index (χ1) is 12.7. The summed E-state index contributed by atoms with van der Waals surface area (Å²) in [6.45, 7) is 1.55. The van der Waals surface area contributed by atoms with Crippen molar-refractivity contribution in [2.75, 3.05) is 19.6 Å². The summed E-state index contributed by atoms with van der Waals surface area (Å²) < 4.78 is 27.7. The highest BCUT2D eigenvalue weighted by Gasteiger charge is 2.16. The maximum Gasteiger partial charge on any atom is 0.241 e. The number of pyridine rings is 1. The van der Waals surface area contributed by atoms with Crippen LogP contribution in [0.4, 0.5) is 0 Å². The van der Waals surface area contributed by atoms with E-state index < -0.39 is 10.0 Å². The van der Waals surface area contributed by atoms with Crippen LogP contribution < -0.4 is 10.0 Å². The Kier molecular flexibility index (Phi) is 6.12. The van der Waals surface area contributed by atoms with Crippen LogP contribution in [0.15, 0.2) is 78.0 Å². The van der Waals surface area contributed by atoms with Crippen molar-refractivity contribution in [3.8, 4) is 0 Å². The highest BCUT2D eigenvalue weighted by atomic mass is 32.2. The van der Waals surface area contributed by atoms with Gasteiger partial charge in [-0.05, 0) is 17.7 Å². The first-order valence-electron chi connectivity index (χ1n) is 8.41. The van der Waals surface area contributed by atoms with Crippen molar-refractivity contribution >= 4 is 26.9 Å². The van der Waals surface area contributed by atoms with E-state index in [0.29, 0.717) is 25.0 Å². The molecular formula is C20H21N3O2S. The maximum atomic E-state index is 12.5. The van der Waals surface area contributed by atoms with Crippen LogP contribution in [0.1, 0.15) is 5.56 Å². The number of rotatable bonds is 8. The molecule has 0 amide bonds. The zero-order valence-electron chi connectivity index (χ0n) is 14.3. The van der Waals surface area contributed by atoms with Gasteiger partial charge in [0, 0.05) is 42.8 Å². The van der Waals surface area contributed by atoms with Crippen molar-refractivity contribution in [2.45, 2.75) is 4.90 Å². The van der Waals surface area contributed by atoms with E-state index in [4.69, 9.17) is 0 Å². The van der Waals surface area contributed by atoms with Crippen molar-refractivity contribution in [3.63, 3.8) is 0 Å². The third-order valence-corrected chi connectivity index (χ3v) is 5.42. The fraction of sp³-hybridized carbons (Fsp3) is 0.150. The minimum absolute atomic E-state index is 0.279. The summed E-state index contributed by atoms with van der Waals surface area (Å²) in [6.07, 6.45) is 7.31. The lowest BCUT2D eigenvalue weighted by molar-refractivity contribution is 0.579. The van der Waals surface area contributed by atoms with Gasteiger partial charge in [-0.1, -0.05) is 54.6 Å². The smallest absolute Gasteiger partial charge is 0.241 e. The predicted octanol–water partition coefficient (Wildman–Crippen LogP) is 2.82. The predicted molar refractivity (Wildman–Crippen MR) is 105 cm³/mol. The minimum atomic E-state index is -3.56. The molecule has 5 nitrogen and oxygen atoms in total. The molecule has 0 spiro atoms. The molecule has 6 heteroatoms. The molecule has 1 heterocycles. The van der Waals surface area contributed by atoms with Gasteiger partial charge in [-0.2, -0.15) is 0 Å². The zero-order valence-corrected chi connectivity index (χ0v) is 15.1. The summed E-state index contributed by atoms with van der Waals surface area (Å²) in [5.41, 5.74) is 1.14. The van der Waals surface area contributed by atoms with E-state index in [1.165, 1.54) is 0 Å². The van der Waals surface area contributed by atoms with E-state index in [1.54, 1.807) is 30.6 Å². The molecule has 3 rings (SSSR count). The average molecular weight is 367 g/mol. The molecule has 2 aromatic carbocycles. The summed E-state index contributed by atoms with van der Waals surface area (Å²) >= 11 is 0. The van der Waals surface area contributed by atoms with Gasteiger partial charge in [0.2, 0.25) is 10.0 Å². The number of nitrogens with one attached hydrogen (secondary N) is 2. The molecule has 26 heavy (non-hydrogen) atoms. The van der Waals surface area contributed by atoms with E-state index in [9.17, 15) is 8.42 Å². The number of sulfonamides is 1. The average Bonchev–Trinajstić information content (AvgIpc) is 2.67. The number of hydrogen-bond acceptors (Lipinski definition) is 4. The Morgan fingerprint density at radius 2 is 1.81 bits per heavy atom. The Bertz CT molecular complexity index is 981. The van der Waals surface area contributed by atoms with Gasteiger partial charge in [0.25, 0.3) is 0 Å². The molecule has 0 aliphatic heterocycles. The van der Waals surface area contributed by atoms with Gasteiger partial charge in [0.1, 0.15) is 0 Å². The Morgan fingerprint density at radius 1 is 0.962 bits per heavy atom. The van der Waals surface area contributed by atoms with Crippen molar-refractivity contribution in [3.05, 3.63) is 78.6 Å². The highest BCUT2D eigenvalue weighted by Crippen LogP contribution is 2.21. The van der Waals surface area contributed by atoms with Crippen molar-refractivity contribution < 1.29 is 8.42 Å². The maximum absolute atomic E-state index is 12.5. The van der Waals surface area contributed by atoms with E-state index in [1.807, 2.05) is 48.6 Å². The lowest BCUT2D eigenvalue weighted by Gasteiger charge is -2.09. The second-order valence-corrected chi connectivity index (χ2v) is 7.50. The van der Waals surface area contributed by atoms with Crippen LogP contribution in [0.2, 0.25) is 0 Å². The standard InChI is InChI=1S/C20H21N3O2S/c24-26(25,20-10-4-9-18-16-22-13-11-19(18)20)23-15-14-21-12-5-8-17-6-2-1-3-7-17/h1-11,13,16,21,23H,12,14-15H2/b8-5+. The third kappa shape index (κ3) is 4.76. The second kappa shape index (κ2) is 8.71. The fourth-order valence-corrected chi connectivity index (χ4v) is 3.88. The largest absolute Gasteiger partial charge is 0.312 e. The van der Waals surface area contributed by atoms with Crippen LogP contribution in [0.5, 0.6) is 0 Å². The number of nitrogens with zero attached hydrogens (tertiary/aromatic N) is 1. The normalized spacial score (nSPS) is 12.0. The molecule has 3 aromatic rings. The van der Waals surface area contributed by atoms with Crippen LogP contribution >= 0.6 is 0 Å². The summed E-state index contributed by atoms with van der Waals surface area (Å²) in [7, 11) is -3.56. The van der Waals surface area contributed by atoms with Crippen LogP contribution in [-0.2, 0) is 10.0 Å². The number of benzene rings is 2. The van der Waals surface area contributed by atoms with Crippen molar-refractivity contribution in [1.29, 1.82) is 0 Å². The molecule has 0 saturated carbocycles. The van der Waals surface area contributed by atoms with Crippen LogP contribution in [0, 0.1) is 0 Å². The summed E-state index contributed by atoms with van der Waals surface area (Å²) in [5, 5.41) is 4.67. The molecule has 2 N–H and O–H groups in total. The van der Waals surface area contributed by atoms with E-state index in [2.05, 4.69) is 15.0 Å². The lowest BCUT2D eigenvalue weighted by Crippen LogP contribution is -2.32. The quantitative estimate of drug-likeness (QED) is 0.601. The molecule has 0 saturated heterocycles. The minimum Gasteiger partial charge on any atom is -0.312 e. The molecular weight excluding hydrogens is 346 g/mol. The Hall–Kier alpha value is -2.54. The van der Waals surface area contributed by atoms with Crippen LogP contribution in [-0.4, -0.2) is 33.0 Å². The van der Waals surface area contributed by atoms with E-state index >= 15 is 0 Å². The fourth-order valence-electron chi connectivity index (χ4n) is 2.62. The summed E-state index contributed by atoms with van der Waals surface area (Å²) in [6, 6.07) is 16.9.